The maximum atomic E-state index is 8.52. The molecule has 0 saturated carbocycles. The minimum atomic E-state index is -5.17. The first-order valence-corrected chi connectivity index (χ1v) is 2.61. The van der Waals surface area contributed by atoms with Gasteiger partial charge in [0.2, 0.25) is 0 Å². The van der Waals surface area contributed by atoms with Crippen LogP contribution in [0.25, 0.3) is 0 Å². The number of carboxylic acid groups (broad SMARTS) is 2. The van der Waals surface area contributed by atoms with Crippen LogP contribution in [-0.4, -0.2) is 110 Å². The fourth-order valence-electron chi connectivity index (χ4n) is 0. The Morgan fingerprint density at radius 3 is 1.08 bits per heavy atom. The molecule has 0 spiro atoms. The van der Waals surface area contributed by atoms with Gasteiger partial charge in [0.05, 0.1) is 0 Å². The molecule has 11 heteroatoms. The molecular formula is CBaCaO7STi. The van der Waals surface area contributed by atoms with Crippen molar-refractivity contribution in [1.82, 2.24) is 0 Å². The van der Waals surface area contributed by atoms with E-state index in [1.807, 2.05) is 0 Å². The summed E-state index contributed by atoms with van der Waals surface area (Å²) in [6.07, 6.45) is -2.33. The maximum absolute atomic E-state index is 8.52. The number of rotatable bonds is 0. The van der Waals surface area contributed by atoms with Gasteiger partial charge in [-0.3, -0.25) is 8.42 Å². The molecule has 60 valence electrons. The fourth-order valence-corrected chi connectivity index (χ4v) is 0. The van der Waals surface area contributed by atoms with E-state index in [9.17, 15) is 0 Å². The monoisotopic (exact) mass is 382 g/mol. The standard InChI is InChI=1S/CH2O3.Ba.Ca.H2O4S.Ti/c2-1(3)4;;;1-5(2,3)4;/h(H2,2,3,4);;;(H2,1,2,3,4);/q;2*+2;;/p-4. The van der Waals surface area contributed by atoms with E-state index in [4.69, 9.17) is 32.5 Å². The third-order valence-electron chi connectivity index (χ3n) is 0. The second-order valence-corrected chi connectivity index (χ2v) is 1.47. The van der Waals surface area contributed by atoms with Gasteiger partial charge in [-0.2, -0.15) is 0 Å². The van der Waals surface area contributed by atoms with Crippen LogP contribution in [-0.2, 0) is 32.1 Å². The Balaban J connectivity index is -0.0000000221. The third-order valence-corrected chi connectivity index (χ3v) is 0. The van der Waals surface area contributed by atoms with E-state index in [-0.39, 0.29) is 108 Å². The van der Waals surface area contributed by atoms with Gasteiger partial charge >= 0.3 is 86.6 Å². The molecule has 0 aliphatic rings. The molecule has 0 aliphatic carbocycles. The van der Waals surface area contributed by atoms with Crippen molar-refractivity contribution in [3.05, 3.63) is 0 Å². The molecule has 0 atom stereocenters. The van der Waals surface area contributed by atoms with Gasteiger partial charge in [0.15, 0.2) is 0 Å². The van der Waals surface area contributed by atoms with Crippen LogP contribution in [0.2, 0.25) is 0 Å². The first-order valence-electron chi connectivity index (χ1n) is 1.28. The van der Waals surface area contributed by atoms with E-state index in [1.165, 1.54) is 0 Å². The molecule has 0 radical (unpaired) electrons. The summed E-state index contributed by atoms with van der Waals surface area (Å²) in [5.41, 5.74) is 0. The molecule has 0 rings (SSSR count). The number of carbonyl (C=O) groups excluding carboxylic acids is 1. The molecule has 0 aromatic heterocycles. The Morgan fingerprint density at radius 1 is 1.08 bits per heavy atom. The Labute approximate surface area is 154 Å². The molecule has 0 aromatic rings. The average molecular weight is 381 g/mol. The van der Waals surface area contributed by atoms with Gasteiger partial charge < -0.3 is 24.1 Å². The molecule has 0 amide bonds. The van der Waals surface area contributed by atoms with Crippen LogP contribution in [0, 0.1) is 0 Å². The summed E-state index contributed by atoms with van der Waals surface area (Å²) in [6, 6.07) is 0. The van der Waals surface area contributed by atoms with Gasteiger partial charge in [-0.1, -0.05) is 0 Å². The molecule has 12 heavy (non-hydrogen) atoms. The summed E-state index contributed by atoms with van der Waals surface area (Å²) < 4.78 is 34.1. The number of hydrogen-bond acceptors (Lipinski definition) is 7. The molecular weight excluding hydrogens is 381 g/mol. The van der Waals surface area contributed by atoms with Crippen molar-refractivity contribution in [1.29, 1.82) is 0 Å². The van der Waals surface area contributed by atoms with E-state index >= 15 is 0 Å². The molecule has 0 heterocycles. The van der Waals surface area contributed by atoms with Crippen molar-refractivity contribution >= 4 is 103 Å². The summed E-state index contributed by atoms with van der Waals surface area (Å²) >= 11 is 0. The maximum Gasteiger partial charge on any atom is 2.00 e. The fraction of sp³-hybridized carbons (Fsp3) is 0. The van der Waals surface area contributed by atoms with Crippen molar-refractivity contribution < 1.29 is 54.2 Å². The van der Waals surface area contributed by atoms with Crippen LogP contribution in [0.5, 0.6) is 0 Å². The molecule has 0 saturated heterocycles. The number of carbonyl (C=O) groups is 1. The second kappa shape index (κ2) is 16.1. The van der Waals surface area contributed by atoms with E-state index in [1.54, 1.807) is 0 Å². The zero-order valence-electron chi connectivity index (χ0n) is 5.68. The van der Waals surface area contributed by atoms with E-state index < -0.39 is 16.6 Å². The van der Waals surface area contributed by atoms with E-state index in [2.05, 4.69) is 0 Å². The normalized spacial score (nSPS) is 6.83. The summed E-state index contributed by atoms with van der Waals surface area (Å²) in [5.74, 6) is 0. The minimum Gasteiger partial charge on any atom is -0.759 e. The Hall–Kier alpha value is 2.69. The van der Waals surface area contributed by atoms with Crippen LogP contribution < -0.4 is 10.2 Å². The summed E-state index contributed by atoms with van der Waals surface area (Å²) in [7, 11) is -5.17. The SMILES string of the molecule is O=C([O-])[O-].O=S(=O)([O-])[O-].[Ba+2].[Ca+2].[Ti]. The van der Waals surface area contributed by atoms with Gasteiger partial charge in [0, 0.05) is 32.1 Å². The number of hydrogen-bond donors (Lipinski definition) is 0. The van der Waals surface area contributed by atoms with Crippen LogP contribution >= 0.6 is 0 Å². The first kappa shape index (κ1) is 29.3. The van der Waals surface area contributed by atoms with Crippen molar-refractivity contribution in [2.24, 2.45) is 0 Å². The summed E-state index contributed by atoms with van der Waals surface area (Å²) in [5, 5.41) is 16.7. The van der Waals surface area contributed by atoms with Gasteiger partial charge in [-0.25, -0.2) is 0 Å². The van der Waals surface area contributed by atoms with Gasteiger partial charge in [-0.15, -0.1) is 0 Å². The molecule has 0 fully saturated rings. The summed E-state index contributed by atoms with van der Waals surface area (Å²) in [6.45, 7) is 0. The smallest absolute Gasteiger partial charge is 0.759 e. The van der Waals surface area contributed by atoms with Crippen LogP contribution in [0.1, 0.15) is 0 Å². The van der Waals surface area contributed by atoms with Gasteiger partial charge in [0.1, 0.15) is 0 Å². The molecule has 0 aliphatic heterocycles. The summed E-state index contributed by atoms with van der Waals surface area (Å²) in [4.78, 5) is 8.33. The minimum absolute atomic E-state index is 0. The van der Waals surface area contributed by atoms with Crippen molar-refractivity contribution in [2.45, 2.75) is 0 Å². The largest absolute Gasteiger partial charge is 2.00 e. The Morgan fingerprint density at radius 2 is 1.08 bits per heavy atom. The van der Waals surface area contributed by atoms with Gasteiger partial charge in [-0.05, 0) is 6.16 Å². The second-order valence-electron chi connectivity index (χ2n) is 0.658. The van der Waals surface area contributed by atoms with Crippen molar-refractivity contribution in [3.63, 3.8) is 0 Å². The van der Waals surface area contributed by atoms with E-state index in [0.29, 0.717) is 0 Å². The first-order chi connectivity index (χ1) is 3.73. The molecule has 0 bridgehead atoms. The van der Waals surface area contributed by atoms with Crippen molar-refractivity contribution in [2.75, 3.05) is 0 Å². The van der Waals surface area contributed by atoms with Crippen LogP contribution in [0.3, 0.4) is 0 Å². The van der Waals surface area contributed by atoms with Gasteiger partial charge in [0.25, 0.3) is 0 Å². The quantitative estimate of drug-likeness (QED) is 0.233. The van der Waals surface area contributed by atoms with E-state index in [0.717, 1.165) is 0 Å². The zero-order chi connectivity index (χ0) is 8.08. The Kier molecular flexibility index (Phi) is 39.4. The van der Waals surface area contributed by atoms with Crippen LogP contribution in [0.15, 0.2) is 0 Å². The molecule has 0 N–H and O–H groups in total. The average Bonchev–Trinajstić information content (AvgIpc) is 1.19. The van der Waals surface area contributed by atoms with Crippen LogP contribution in [0.4, 0.5) is 4.79 Å². The topological polar surface area (TPSA) is 143 Å². The predicted octanol–water partition coefficient (Wildman–Crippen LogP) is -4.55. The third kappa shape index (κ3) is 240. The molecule has 0 unspecified atom stereocenters. The predicted molar refractivity (Wildman–Crippen MR) is 27.4 cm³/mol. The molecule has 7 nitrogen and oxygen atoms in total. The van der Waals surface area contributed by atoms with Crippen molar-refractivity contribution in [3.8, 4) is 0 Å². The Bertz CT molecular complexity index is 166. The zero-order valence-corrected chi connectivity index (χ0v) is 14.7. The molecule has 0 aromatic carbocycles.